The summed E-state index contributed by atoms with van der Waals surface area (Å²) in [5.74, 6) is 0.0868. The van der Waals surface area contributed by atoms with E-state index < -0.39 is 5.97 Å². The summed E-state index contributed by atoms with van der Waals surface area (Å²) in [7, 11) is 0. The van der Waals surface area contributed by atoms with E-state index >= 15 is 0 Å². The van der Waals surface area contributed by atoms with Crippen LogP contribution in [0.25, 0.3) is 0 Å². The van der Waals surface area contributed by atoms with E-state index in [0.717, 1.165) is 0 Å². The predicted octanol–water partition coefficient (Wildman–Crippen LogP) is 2.05. The van der Waals surface area contributed by atoms with Crippen LogP contribution in [-0.2, 0) is 4.79 Å². The van der Waals surface area contributed by atoms with Gasteiger partial charge in [-0.1, -0.05) is 20.8 Å². The highest BCUT2D eigenvalue weighted by Crippen LogP contribution is 2.21. The zero-order valence-electron chi connectivity index (χ0n) is 7.24. The predicted molar refractivity (Wildman–Crippen MR) is 49.0 cm³/mol. The molecule has 2 atom stereocenters. The summed E-state index contributed by atoms with van der Waals surface area (Å²) in [6.45, 7) is 6.19. The van der Waals surface area contributed by atoms with Crippen molar-refractivity contribution in [2.75, 3.05) is 0 Å². The van der Waals surface area contributed by atoms with E-state index in [1.807, 2.05) is 6.92 Å². The molecular formula is C8H16O2S. The van der Waals surface area contributed by atoms with Crippen LogP contribution in [-0.4, -0.2) is 16.3 Å². The van der Waals surface area contributed by atoms with Gasteiger partial charge < -0.3 is 5.11 Å². The molecule has 0 amide bonds. The molecule has 1 N–H and O–H groups in total. The van der Waals surface area contributed by atoms with Gasteiger partial charge >= 0.3 is 5.97 Å². The molecule has 3 heteroatoms. The minimum atomic E-state index is -0.766. The molecule has 0 aliphatic heterocycles. The molecule has 0 aliphatic rings. The van der Waals surface area contributed by atoms with Crippen LogP contribution < -0.4 is 0 Å². The maximum Gasteiger partial charge on any atom is 0.304 e. The van der Waals surface area contributed by atoms with Crippen molar-refractivity contribution in [3.63, 3.8) is 0 Å². The molecular weight excluding hydrogens is 160 g/mol. The molecule has 0 rings (SSSR count). The van der Waals surface area contributed by atoms with Crippen LogP contribution in [0.4, 0.5) is 0 Å². The first-order valence-electron chi connectivity index (χ1n) is 3.85. The maximum absolute atomic E-state index is 10.3. The van der Waals surface area contributed by atoms with Gasteiger partial charge in [0.05, 0.1) is 6.42 Å². The normalized spacial score (nSPS) is 16.5. The third-order valence-corrected chi connectivity index (χ3v) is 2.70. The van der Waals surface area contributed by atoms with Crippen LogP contribution in [0.1, 0.15) is 27.2 Å². The lowest BCUT2D eigenvalue weighted by molar-refractivity contribution is -0.137. The van der Waals surface area contributed by atoms with Crippen molar-refractivity contribution in [1.82, 2.24) is 0 Å². The molecule has 66 valence electrons. The second-order valence-corrected chi connectivity index (χ2v) is 3.93. The average Bonchev–Trinajstić information content (AvgIpc) is 1.84. The van der Waals surface area contributed by atoms with E-state index in [1.165, 1.54) is 0 Å². The second kappa shape index (κ2) is 4.65. The molecule has 0 aliphatic carbocycles. The fourth-order valence-electron chi connectivity index (χ4n) is 0.809. The lowest BCUT2D eigenvalue weighted by Gasteiger charge is -2.20. The highest BCUT2D eigenvalue weighted by atomic mass is 32.1. The number of hydrogen-bond acceptors (Lipinski definition) is 2. The quantitative estimate of drug-likeness (QED) is 0.643. The van der Waals surface area contributed by atoms with E-state index in [9.17, 15) is 4.79 Å². The van der Waals surface area contributed by atoms with E-state index in [0.29, 0.717) is 11.8 Å². The Hall–Kier alpha value is -0.180. The SMILES string of the molecule is CC(C)C(C)C(S)CC(=O)O. The third-order valence-electron chi connectivity index (χ3n) is 2.04. The molecule has 0 radical (unpaired) electrons. The van der Waals surface area contributed by atoms with Gasteiger partial charge in [-0.3, -0.25) is 4.79 Å². The van der Waals surface area contributed by atoms with Crippen molar-refractivity contribution in [1.29, 1.82) is 0 Å². The van der Waals surface area contributed by atoms with Gasteiger partial charge in [-0.05, 0) is 11.8 Å². The highest BCUT2D eigenvalue weighted by molar-refractivity contribution is 7.81. The summed E-state index contributed by atoms with van der Waals surface area (Å²) in [6.07, 6.45) is 0.155. The van der Waals surface area contributed by atoms with Crippen molar-refractivity contribution in [3.8, 4) is 0 Å². The summed E-state index contributed by atoms with van der Waals surface area (Å²) in [5, 5.41) is 8.44. The standard InChI is InChI=1S/C8H16O2S/c1-5(2)6(3)7(11)4-8(9)10/h5-7,11H,4H2,1-3H3,(H,9,10). The van der Waals surface area contributed by atoms with Crippen LogP contribution in [0.3, 0.4) is 0 Å². The maximum atomic E-state index is 10.3. The molecule has 0 aromatic heterocycles. The van der Waals surface area contributed by atoms with Crippen molar-refractivity contribution in [2.24, 2.45) is 11.8 Å². The van der Waals surface area contributed by atoms with Gasteiger partial charge in [0, 0.05) is 5.25 Å². The van der Waals surface area contributed by atoms with Gasteiger partial charge in [-0.25, -0.2) is 0 Å². The second-order valence-electron chi connectivity index (χ2n) is 3.27. The Morgan fingerprint density at radius 3 is 2.18 bits per heavy atom. The van der Waals surface area contributed by atoms with E-state index in [2.05, 4.69) is 26.5 Å². The topological polar surface area (TPSA) is 37.3 Å². The fraction of sp³-hybridized carbons (Fsp3) is 0.875. The van der Waals surface area contributed by atoms with Gasteiger partial charge in [0.25, 0.3) is 0 Å². The van der Waals surface area contributed by atoms with Crippen LogP contribution in [0.15, 0.2) is 0 Å². The molecule has 2 unspecified atom stereocenters. The van der Waals surface area contributed by atoms with Crippen LogP contribution >= 0.6 is 12.6 Å². The number of thiol groups is 1. The molecule has 0 bridgehead atoms. The van der Waals surface area contributed by atoms with E-state index in [-0.39, 0.29) is 11.7 Å². The lowest BCUT2D eigenvalue weighted by Crippen LogP contribution is -2.20. The van der Waals surface area contributed by atoms with Gasteiger partial charge in [-0.15, -0.1) is 0 Å². The molecule has 0 saturated carbocycles. The Balaban J connectivity index is 3.82. The lowest BCUT2D eigenvalue weighted by atomic mass is 9.93. The van der Waals surface area contributed by atoms with Crippen LogP contribution in [0.5, 0.6) is 0 Å². The van der Waals surface area contributed by atoms with E-state index in [4.69, 9.17) is 5.11 Å². The zero-order valence-corrected chi connectivity index (χ0v) is 8.14. The molecule has 2 nitrogen and oxygen atoms in total. The smallest absolute Gasteiger partial charge is 0.304 e. The average molecular weight is 176 g/mol. The molecule has 0 saturated heterocycles. The highest BCUT2D eigenvalue weighted by Gasteiger charge is 2.18. The Kier molecular flexibility index (Phi) is 4.57. The van der Waals surface area contributed by atoms with Crippen LogP contribution in [0.2, 0.25) is 0 Å². The van der Waals surface area contributed by atoms with E-state index in [1.54, 1.807) is 0 Å². The Bertz CT molecular complexity index is 134. The monoisotopic (exact) mass is 176 g/mol. The van der Waals surface area contributed by atoms with Crippen molar-refractivity contribution >= 4 is 18.6 Å². The Morgan fingerprint density at radius 2 is 1.91 bits per heavy atom. The van der Waals surface area contributed by atoms with Gasteiger partial charge in [-0.2, -0.15) is 12.6 Å². The first kappa shape index (κ1) is 10.8. The Labute approximate surface area is 73.4 Å². The van der Waals surface area contributed by atoms with Crippen molar-refractivity contribution in [3.05, 3.63) is 0 Å². The van der Waals surface area contributed by atoms with Gasteiger partial charge in [0.1, 0.15) is 0 Å². The summed E-state index contributed by atoms with van der Waals surface area (Å²) < 4.78 is 0. The summed E-state index contributed by atoms with van der Waals surface area (Å²) in [4.78, 5) is 10.3. The zero-order chi connectivity index (χ0) is 9.02. The summed E-state index contributed by atoms with van der Waals surface area (Å²) in [5.41, 5.74) is 0. The summed E-state index contributed by atoms with van der Waals surface area (Å²) >= 11 is 4.22. The fourth-order valence-corrected chi connectivity index (χ4v) is 1.31. The van der Waals surface area contributed by atoms with Gasteiger partial charge in [0.2, 0.25) is 0 Å². The molecule has 0 aromatic carbocycles. The third kappa shape index (κ3) is 4.30. The molecule has 0 aromatic rings. The molecule has 0 fully saturated rings. The number of rotatable bonds is 4. The molecule has 11 heavy (non-hydrogen) atoms. The first-order chi connectivity index (χ1) is 4.95. The summed E-state index contributed by atoms with van der Waals surface area (Å²) in [6, 6.07) is 0. The van der Waals surface area contributed by atoms with Gasteiger partial charge in [0.15, 0.2) is 0 Å². The number of aliphatic carboxylic acids is 1. The minimum absolute atomic E-state index is 0.0208. The minimum Gasteiger partial charge on any atom is -0.481 e. The largest absolute Gasteiger partial charge is 0.481 e. The Morgan fingerprint density at radius 1 is 1.45 bits per heavy atom. The van der Waals surface area contributed by atoms with Crippen LogP contribution in [0, 0.1) is 11.8 Å². The first-order valence-corrected chi connectivity index (χ1v) is 4.36. The number of carboxylic acids is 1. The van der Waals surface area contributed by atoms with Crippen molar-refractivity contribution < 1.29 is 9.90 Å². The molecule has 0 heterocycles. The van der Waals surface area contributed by atoms with Crippen molar-refractivity contribution in [2.45, 2.75) is 32.4 Å². The number of hydrogen-bond donors (Lipinski definition) is 2. The molecule has 0 spiro atoms. The number of carboxylic acid groups (broad SMARTS) is 1. The number of carbonyl (C=O) groups is 1.